The van der Waals surface area contributed by atoms with E-state index in [9.17, 15) is 9.00 Å². The molecule has 6 heteroatoms. The van der Waals surface area contributed by atoms with Crippen molar-refractivity contribution in [2.45, 2.75) is 11.8 Å². The molecule has 0 aliphatic heterocycles. The highest BCUT2D eigenvalue weighted by Crippen LogP contribution is 2.36. The summed E-state index contributed by atoms with van der Waals surface area (Å²) in [5, 5.41) is 3.45. The van der Waals surface area contributed by atoms with Gasteiger partial charge in [-0.2, -0.15) is 0 Å². The number of nitrogens with one attached hydrogen (secondary N) is 1. The minimum Gasteiger partial charge on any atom is -0.326 e. The number of hydrogen-bond acceptors (Lipinski definition) is 3. The van der Waals surface area contributed by atoms with E-state index in [-0.39, 0.29) is 5.91 Å². The smallest absolute Gasteiger partial charge is 0.221 e. The van der Waals surface area contributed by atoms with Crippen molar-refractivity contribution in [2.24, 2.45) is 0 Å². The molecule has 0 aliphatic carbocycles. The molecule has 1 N–H and O–H groups in total. The SMILES string of the molecule is CC(=O)Nc1cc(S(C)=O)ccc1-c1ncccc1-c1cccc(Cl)c1. The molecular weight excluding hydrogens is 368 g/mol. The quantitative estimate of drug-likeness (QED) is 0.705. The summed E-state index contributed by atoms with van der Waals surface area (Å²) in [6.07, 6.45) is 3.30. The van der Waals surface area contributed by atoms with Gasteiger partial charge in [-0.1, -0.05) is 29.8 Å². The minimum absolute atomic E-state index is 0.203. The second-order valence-corrected chi connectivity index (χ2v) is 7.57. The van der Waals surface area contributed by atoms with Gasteiger partial charge in [0, 0.05) is 51.2 Å². The van der Waals surface area contributed by atoms with E-state index in [0.29, 0.717) is 21.3 Å². The maximum Gasteiger partial charge on any atom is 0.221 e. The van der Waals surface area contributed by atoms with Crippen LogP contribution in [0.15, 0.2) is 65.7 Å². The van der Waals surface area contributed by atoms with Crippen LogP contribution >= 0.6 is 11.6 Å². The van der Waals surface area contributed by atoms with Crippen LogP contribution in [-0.2, 0) is 15.6 Å². The normalized spacial score (nSPS) is 11.8. The molecule has 0 bridgehead atoms. The van der Waals surface area contributed by atoms with Gasteiger partial charge < -0.3 is 5.32 Å². The van der Waals surface area contributed by atoms with Gasteiger partial charge in [-0.15, -0.1) is 0 Å². The predicted octanol–water partition coefficient (Wildman–Crippen LogP) is 4.76. The van der Waals surface area contributed by atoms with Crippen LogP contribution in [-0.4, -0.2) is 21.4 Å². The van der Waals surface area contributed by atoms with E-state index in [1.165, 1.54) is 6.92 Å². The third-order valence-corrected chi connectivity index (χ3v) is 4.99. The van der Waals surface area contributed by atoms with Crippen LogP contribution < -0.4 is 5.32 Å². The lowest BCUT2D eigenvalue weighted by molar-refractivity contribution is -0.114. The summed E-state index contributed by atoms with van der Waals surface area (Å²) >= 11 is 6.14. The lowest BCUT2D eigenvalue weighted by Crippen LogP contribution is -2.08. The number of pyridine rings is 1. The van der Waals surface area contributed by atoms with Crippen LogP contribution in [0.4, 0.5) is 5.69 Å². The molecule has 3 rings (SSSR count). The van der Waals surface area contributed by atoms with E-state index in [1.54, 1.807) is 24.6 Å². The third-order valence-electron chi connectivity index (χ3n) is 3.83. The Morgan fingerprint density at radius 1 is 1.08 bits per heavy atom. The van der Waals surface area contributed by atoms with Crippen molar-refractivity contribution < 1.29 is 9.00 Å². The predicted molar refractivity (Wildman–Crippen MR) is 107 cm³/mol. The molecule has 4 nitrogen and oxygen atoms in total. The summed E-state index contributed by atoms with van der Waals surface area (Å²) in [6, 6.07) is 16.7. The molecule has 2 aromatic carbocycles. The number of anilines is 1. The van der Waals surface area contributed by atoms with Crippen LogP contribution in [0.3, 0.4) is 0 Å². The van der Waals surface area contributed by atoms with Gasteiger partial charge in [-0.25, -0.2) is 0 Å². The number of aromatic nitrogens is 1. The van der Waals surface area contributed by atoms with Crippen molar-refractivity contribution in [3.8, 4) is 22.4 Å². The second-order valence-electron chi connectivity index (χ2n) is 5.75. The summed E-state index contributed by atoms with van der Waals surface area (Å²) in [5.74, 6) is -0.203. The molecular formula is C20H17ClN2O2S. The summed E-state index contributed by atoms with van der Waals surface area (Å²) in [5.41, 5.74) is 3.87. The van der Waals surface area contributed by atoms with E-state index < -0.39 is 10.8 Å². The summed E-state index contributed by atoms with van der Waals surface area (Å²) in [4.78, 5) is 16.8. The molecule has 1 amide bonds. The van der Waals surface area contributed by atoms with Gasteiger partial charge in [0.05, 0.1) is 11.4 Å². The summed E-state index contributed by atoms with van der Waals surface area (Å²) in [7, 11) is -1.15. The zero-order valence-electron chi connectivity index (χ0n) is 14.3. The van der Waals surface area contributed by atoms with Crippen molar-refractivity contribution in [1.29, 1.82) is 0 Å². The average Bonchev–Trinajstić information content (AvgIpc) is 2.61. The van der Waals surface area contributed by atoms with Crippen LogP contribution in [0.1, 0.15) is 6.92 Å². The Balaban J connectivity index is 2.21. The summed E-state index contributed by atoms with van der Waals surface area (Å²) in [6.45, 7) is 1.44. The first-order valence-corrected chi connectivity index (χ1v) is 9.85. The highest BCUT2D eigenvalue weighted by molar-refractivity contribution is 7.84. The minimum atomic E-state index is -1.15. The van der Waals surface area contributed by atoms with Gasteiger partial charge in [0.1, 0.15) is 0 Å². The monoisotopic (exact) mass is 384 g/mol. The zero-order valence-corrected chi connectivity index (χ0v) is 15.9. The summed E-state index contributed by atoms with van der Waals surface area (Å²) < 4.78 is 11.8. The van der Waals surface area contributed by atoms with Crippen molar-refractivity contribution in [2.75, 3.05) is 11.6 Å². The van der Waals surface area contributed by atoms with Gasteiger partial charge in [-0.3, -0.25) is 14.0 Å². The highest BCUT2D eigenvalue weighted by atomic mass is 35.5. The van der Waals surface area contributed by atoms with Crippen LogP contribution in [0.2, 0.25) is 5.02 Å². The molecule has 0 saturated heterocycles. The van der Waals surface area contributed by atoms with Gasteiger partial charge in [0.2, 0.25) is 5.91 Å². The van der Waals surface area contributed by atoms with Gasteiger partial charge in [0.25, 0.3) is 0 Å². The van der Waals surface area contributed by atoms with E-state index in [4.69, 9.17) is 11.6 Å². The molecule has 0 fully saturated rings. The molecule has 3 aromatic rings. The van der Waals surface area contributed by atoms with Crippen molar-refractivity contribution in [1.82, 2.24) is 4.98 Å². The van der Waals surface area contributed by atoms with E-state index >= 15 is 0 Å². The number of carbonyl (C=O) groups is 1. The van der Waals surface area contributed by atoms with Gasteiger partial charge in [0.15, 0.2) is 0 Å². The molecule has 1 aromatic heterocycles. The maximum atomic E-state index is 11.8. The maximum absolute atomic E-state index is 11.8. The van der Waals surface area contributed by atoms with E-state index in [0.717, 1.165) is 16.7 Å². The van der Waals surface area contributed by atoms with Crippen molar-refractivity contribution in [3.63, 3.8) is 0 Å². The standard InChI is InChI=1S/C20H17ClN2O2S/c1-13(24)23-19-12-16(26(2)25)8-9-18(19)20-17(7-4-10-22-20)14-5-3-6-15(21)11-14/h3-12H,1-2H3,(H,23,24). The lowest BCUT2D eigenvalue weighted by Gasteiger charge is -2.14. The number of hydrogen-bond donors (Lipinski definition) is 1. The van der Waals surface area contributed by atoms with Gasteiger partial charge in [-0.05, 0) is 42.0 Å². The molecule has 1 unspecified atom stereocenters. The third kappa shape index (κ3) is 4.00. The number of rotatable bonds is 4. The van der Waals surface area contributed by atoms with E-state index in [2.05, 4.69) is 10.3 Å². The Bertz CT molecular complexity index is 1000. The van der Waals surface area contributed by atoms with Crippen molar-refractivity contribution >= 4 is 34.0 Å². The molecule has 132 valence electrons. The van der Waals surface area contributed by atoms with Crippen LogP contribution in [0.25, 0.3) is 22.4 Å². The molecule has 1 atom stereocenters. The number of benzene rings is 2. The Morgan fingerprint density at radius 2 is 1.88 bits per heavy atom. The number of amides is 1. The largest absolute Gasteiger partial charge is 0.326 e. The second kappa shape index (κ2) is 7.81. The molecule has 26 heavy (non-hydrogen) atoms. The van der Waals surface area contributed by atoms with Crippen molar-refractivity contribution in [3.05, 3.63) is 65.8 Å². The molecule has 0 spiro atoms. The first-order chi connectivity index (χ1) is 12.5. The molecule has 0 saturated carbocycles. The van der Waals surface area contributed by atoms with Gasteiger partial charge >= 0.3 is 0 Å². The lowest BCUT2D eigenvalue weighted by atomic mass is 9.98. The Kier molecular flexibility index (Phi) is 5.49. The zero-order chi connectivity index (χ0) is 18.7. The number of halogens is 1. The fraction of sp³-hybridized carbons (Fsp3) is 0.100. The topological polar surface area (TPSA) is 59.1 Å². The number of nitrogens with zero attached hydrogens (tertiary/aromatic N) is 1. The Labute approximate surface area is 159 Å². The first-order valence-electron chi connectivity index (χ1n) is 7.92. The number of carbonyl (C=O) groups excluding carboxylic acids is 1. The van der Waals surface area contributed by atoms with Crippen LogP contribution in [0, 0.1) is 0 Å². The van der Waals surface area contributed by atoms with Crippen LogP contribution in [0.5, 0.6) is 0 Å². The fourth-order valence-electron chi connectivity index (χ4n) is 2.71. The first kappa shape index (κ1) is 18.3. The molecule has 0 radical (unpaired) electrons. The fourth-order valence-corrected chi connectivity index (χ4v) is 3.44. The van der Waals surface area contributed by atoms with E-state index in [1.807, 2.05) is 42.5 Å². The Hall–Kier alpha value is -2.50. The molecule has 0 aliphatic rings. The average molecular weight is 385 g/mol. The Morgan fingerprint density at radius 3 is 2.58 bits per heavy atom. The highest BCUT2D eigenvalue weighted by Gasteiger charge is 2.15. The molecule has 1 heterocycles.